The van der Waals surface area contributed by atoms with E-state index in [2.05, 4.69) is 20.8 Å². The molecule has 198 valence electrons. The standard InChI is InChI=1S/C30H30N6O3/c1-4-19(2)33-28(37)18-39-25-7-5-6-21(14-25)29-35-27-13-12-24(38-3)15-26(27)30(36-29)34-23-10-8-20(9-11-23)22-16-31-32-17-22/h5-17,19H,4,18H2,1-3H3,(H,31,32)(H,33,37)(H,34,35,36). The van der Waals surface area contributed by atoms with Crippen LogP contribution in [0.15, 0.2) is 79.1 Å². The number of aromatic nitrogens is 4. The summed E-state index contributed by atoms with van der Waals surface area (Å²) < 4.78 is 11.2. The lowest BCUT2D eigenvalue weighted by Crippen LogP contribution is -2.35. The Balaban J connectivity index is 1.44. The first-order valence-corrected chi connectivity index (χ1v) is 12.8. The minimum atomic E-state index is -0.157. The number of anilines is 2. The van der Waals surface area contributed by atoms with Gasteiger partial charge in [-0.3, -0.25) is 9.89 Å². The van der Waals surface area contributed by atoms with Crippen LogP contribution in [0.2, 0.25) is 0 Å². The summed E-state index contributed by atoms with van der Waals surface area (Å²) in [5.41, 5.74) is 4.48. The number of amides is 1. The van der Waals surface area contributed by atoms with Gasteiger partial charge in [0.15, 0.2) is 12.4 Å². The molecule has 0 aliphatic heterocycles. The highest BCUT2D eigenvalue weighted by molar-refractivity contribution is 5.93. The van der Waals surface area contributed by atoms with Crippen LogP contribution < -0.4 is 20.1 Å². The summed E-state index contributed by atoms with van der Waals surface area (Å²) in [7, 11) is 1.63. The summed E-state index contributed by atoms with van der Waals surface area (Å²) >= 11 is 0. The Kier molecular flexibility index (Phi) is 7.68. The maximum Gasteiger partial charge on any atom is 0.258 e. The molecule has 0 spiro atoms. The van der Waals surface area contributed by atoms with E-state index >= 15 is 0 Å². The molecule has 1 unspecified atom stereocenters. The van der Waals surface area contributed by atoms with Crippen molar-refractivity contribution in [1.29, 1.82) is 0 Å². The molecule has 0 radical (unpaired) electrons. The molecular weight excluding hydrogens is 492 g/mol. The molecule has 9 heteroatoms. The van der Waals surface area contributed by atoms with Crippen LogP contribution in [0.5, 0.6) is 11.5 Å². The van der Waals surface area contributed by atoms with Gasteiger partial charge in [-0.25, -0.2) is 9.97 Å². The third kappa shape index (κ3) is 6.15. The van der Waals surface area contributed by atoms with Gasteiger partial charge in [0, 0.05) is 34.4 Å². The molecule has 0 aliphatic carbocycles. The van der Waals surface area contributed by atoms with Gasteiger partial charge in [0.05, 0.1) is 18.8 Å². The van der Waals surface area contributed by atoms with Gasteiger partial charge in [-0.2, -0.15) is 5.10 Å². The number of nitrogens with one attached hydrogen (secondary N) is 3. The van der Waals surface area contributed by atoms with Crippen LogP contribution in [0, 0.1) is 0 Å². The number of fused-ring (bicyclic) bond motifs is 1. The van der Waals surface area contributed by atoms with E-state index in [0.717, 1.165) is 39.7 Å². The Morgan fingerprint density at radius 1 is 0.974 bits per heavy atom. The van der Waals surface area contributed by atoms with Gasteiger partial charge in [-0.05, 0) is 61.4 Å². The molecule has 1 atom stereocenters. The first-order valence-electron chi connectivity index (χ1n) is 12.8. The van der Waals surface area contributed by atoms with Crippen molar-refractivity contribution in [2.75, 3.05) is 19.0 Å². The number of ether oxygens (including phenoxy) is 2. The van der Waals surface area contributed by atoms with Crippen molar-refractivity contribution >= 4 is 28.3 Å². The molecule has 9 nitrogen and oxygen atoms in total. The normalized spacial score (nSPS) is 11.7. The third-order valence-electron chi connectivity index (χ3n) is 6.36. The number of hydrogen-bond donors (Lipinski definition) is 3. The molecule has 2 aromatic heterocycles. The average molecular weight is 523 g/mol. The van der Waals surface area contributed by atoms with E-state index < -0.39 is 0 Å². The zero-order chi connectivity index (χ0) is 27.2. The maximum atomic E-state index is 12.2. The van der Waals surface area contributed by atoms with Crippen molar-refractivity contribution in [2.24, 2.45) is 0 Å². The molecule has 39 heavy (non-hydrogen) atoms. The zero-order valence-corrected chi connectivity index (χ0v) is 22.1. The average Bonchev–Trinajstić information content (AvgIpc) is 3.51. The van der Waals surface area contributed by atoms with Crippen molar-refractivity contribution in [3.05, 3.63) is 79.1 Å². The second kappa shape index (κ2) is 11.6. The molecule has 0 fully saturated rings. The SMILES string of the molecule is CCC(C)NC(=O)COc1cccc(-c2nc(Nc3ccc(-c4cn[nH]c4)cc3)c3cc(OC)ccc3n2)c1. The van der Waals surface area contributed by atoms with Gasteiger partial charge in [-0.15, -0.1) is 0 Å². The molecule has 0 aliphatic rings. The second-order valence-electron chi connectivity index (χ2n) is 9.16. The fourth-order valence-electron chi connectivity index (χ4n) is 4.04. The quantitative estimate of drug-likeness (QED) is 0.215. The summed E-state index contributed by atoms with van der Waals surface area (Å²) in [6.45, 7) is 3.92. The zero-order valence-electron chi connectivity index (χ0n) is 22.1. The molecule has 3 aromatic carbocycles. The molecule has 5 aromatic rings. The number of H-pyrrole nitrogens is 1. The largest absolute Gasteiger partial charge is 0.497 e. The monoisotopic (exact) mass is 522 g/mol. The van der Waals surface area contributed by atoms with Gasteiger partial charge in [0.2, 0.25) is 0 Å². The predicted octanol–water partition coefficient (Wildman–Crippen LogP) is 5.73. The molecule has 3 N–H and O–H groups in total. The Morgan fingerprint density at radius 2 is 1.82 bits per heavy atom. The van der Waals surface area contributed by atoms with Crippen molar-refractivity contribution in [2.45, 2.75) is 26.3 Å². The second-order valence-corrected chi connectivity index (χ2v) is 9.16. The predicted molar refractivity (Wildman–Crippen MR) is 152 cm³/mol. The summed E-state index contributed by atoms with van der Waals surface area (Å²) in [5, 5.41) is 14.0. The molecule has 5 rings (SSSR count). The Bertz CT molecular complexity index is 1570. The number of carbonyl (C=O) groups excluding carboxylic acids is 1. The summed E-state index contributed by atoms with van der Waals surface area (Å²) in [6, 6.07) is 21.3. The van der Waals surface area contributed by atoms with Crippen LogP contribution in [-0.2, 0) is 4.79 Å². The van der Waals surface area contributed by atoms with E-state index in [4.69, 9.17) is 19.4 Å². The van der Waals surface area contributed by atoms with Gasteiger partial charge < -0.3 is 20.1 Å². The topological polar surface area (TPSA) is 114 Å². The van der Waals surface area contributed by atoms with Crippen molar-refractivity contribution in [3.8, 4) is 34.0 Å². The van der Waals surface area contributed by atoms with Gasteiger partial charge in [0.25, 0.3) is 5.91 Å². The third-order valence-corrected chi connectivity index (χ3v) is 6.36. The summed E-state index contributed by atoms with van der Waals surface area (Å²) in [5.74, 6) is 2.29. The Hall–Kier alpha value is -4.92. The van der Waals surface area contributed by atoms with Crippen LogP contribution >= 0.6 is 0 Å². The van der Waals surface area contributed by atoms with E-state index in [0.29, 0.717) is 23.1 Å². The van der Waals surface area contributed by atoms with Crippen molar-refractivity contribution < 1.29 is 14.3 Å². The Labute approximate surface area is 226 Å². The van der Waals surface area contributed by atoms with E-state index in [1.54, 1.807) is 13.3 Å². The first-order chi connectivity index (χ1) is 19.0. The van der Waals surface area contributed by atoms with Gasteiger partial charge >= 0.3 is 0 Å². The molecule has 2 heterocycles. The summed E-state index contributed by atoms with van der Waals surface area (Å²) in [6.07, 6.45) is 4.50. The van der Waals surface area contributed by atoms with Crippen molar-refractivity contribution in [3.63, 3.8) is 0 Å². The van der Waals surface area contributed by atoms with Gasteiger partial charge in [0.1, 0.15) is 17.3 Å². The van der Waals surface area contributed by atoms with Crippen molar-refractivity contribution in [1.82, 2.24) is 25.5 Å². The smallest absolute Gasteiger partial charge is 0.258 e. The first kappa shape index (κ1) is 25.7. The minimum absolute atomic E-state index is 0.0617. The fourth-order valence-corrected chi connectivity index (χ4v) is 4.04. The van der Waals surface area contributed by atoms with Crippen LogP contribution in [0.3, 0.4) is 0 Å². The number of hydrogen-bond acceptors (Lipinski definition) is 7. The number of carbonyl (C=O) groups is 1. The molecule has 1 amide bonds. The van der Waals surface area contributed by atoms with E-state index in [1.165, 1.54) is 0 Å². The fraction of sp³-hybridized carbons (Fsp3) is 0.200. The number of methoxy groups -OCH3 is 1. The van der Waals surface area contributed by atoms with Crippen LogP contribution in [0.4, 0.5) is 11.5 Å². The van der Waals surface area contributed by atoms with Gasteiger partial charge in [-0.1, -0.05) is 31.2 Å². The number of benzene rings is 3. The Morgan fingerprint density at radius 3 is 2.56 bits per heavy atom. The number of nitrogens with zero attached hydrogens (tertiary/aromatic N) is 3. The highest BCUT2D eigenvalue weighted by Gasteiger charge is 2.13. The van der Waals surface area contributed by atoms with Crippen LogP contribution in [-0.4, -0.2) is 45.8 Å². The lowest BCUT2D eigenvalue weighted by Gasteiger charge is -2.14. The lowest BCUT2D eigenvalue weighted by molar-refractivity contribution is -0.123. The number of rotatable bonds is 10. The number of aromatic amines is 1. The molecule has 0 saturated carbocycles. The minimum Gasteiger partial charge on any atom is -0.497 e. The molecule has 0 saturated heterocycles. The molecule has 0 bridgehead atoms. The highest BCUT2D eigenvalue weighted by atomic mass is 16.5. The van der Waals surface area contributed by atoms with Crippen LogP contribution in [0.1, 0.15) is 20.3 Å². The van der Waals surface area contributed by atoms with Crippen LogP contribution in [0.25, 0.3) is 33.4 Å². The van der Waals surface area contributed by atoms with E-state index in [-0.39, 0.29) is 18.6 Å². The maximum absolute atomic E-state index is 12.2. The molecular formula is C30H30N6O3. The lowest BCUT2D eigenvalue weighted by atomic mass is 10.1. The highest BCUT2D eigenvalue weighted by Crippen LogP contribution is 2.31. The van der Waals surface area contributed by atoms with E-state index in [1.807, 2.05) is 86.8 Å². The van der Waals surface area contributed by atoms with E-state index in [9.17, 15) is 4.79 Å². The summed E-state index contributed by atoms with van der Waals surface area (Å²) in [4.78, 5) is 21.8.